The van der Waals surface area contributed by atoms with Crippen molar-refractivity contribution in [2.45, 2.75) is 6.42 Å². The van der Waals surface area contributed by atoms with Gasteiger partial charge >= 0.3 is 0 Å². The Morgan fingerprint density at radius 2 is 2.12 bits per heavy atom. The predicted molar refractivity (Wildman–Crippen MR) is 63.2 cm³/mol. The molecule has 1 aromatic carbocycles. The quantitative estimate of drug-likeness (QED) is 0.587. The van der Waals surface area contributed by atoms with Crippen LogP contribution < -0.4 is 21.5 Å². The van der Waals surface area contributed by atoms with Crippen molar-refractivity contribution >= 4 is 17.5 Å². The molecule has 0 heterocycles. The van der Waals surface area contributed by atoms with Gasteiger partial charge in [0.2, 0.25) is 5.91 Å². The second-order valence-electron chi connectivity index (χ2n) is 3.43. The van der Waals surface area contributed by atoms with E-state index in [0.29, 0.717) is 11.4 Å². The monoisotopic (exact) mass is 237 g/mol. The van der Waals surface area contributed by atoms with Gasteiger partial charge in [0.05, 0.1) is 0 Å². The van der Waals surface area contributed by atoms with Crippen molar-refractivity contribution in [2.24, 2.45) is 5.73 Å². The largest absolute Gasteiger partial charge is 0.484 e. The molecule has 1 aromatic rings. The second kappa shape index (κ2) is 6.37. The van der Waals surface area contributed by atoms with E-state index in [1.807, 2.05) is 0 Å². The molecule has 6 nitrogen and oxygen atoms in total. The van der Waals surface area contributed by atoms with Gasteiger partial charge in [0.25, 0.3) is 5.91 Å². The summed E-state index contributed by atoms with van der Waals surface area (Å²) in [5.41, 5.74) is 11.0. The van der Waals surface area contributed by atoms with E-state index in [2.05, 4.69) is 5.32 Å². The number of ether oxygens (including phenoxy) is 1. The number of hydrogen-bond acceptors (Lipinski definition) is 4. The molecule has 0 fully saturated rings. The standard InChI is InChI=1S/C11H15N3O3/c12-8-2-1-3-9(6-8)17-7-11(16)14-5-4-10(13)15/h1-3,6H,4-5,7,12H2,(H2,13,15)(H,14,16). The molecule has 0 aliphatic heterocycles. The molecule has 0 aliphatic carbocycles. The summed E-state index contributed by atoms with van der Waals surface area (Å²) in [5, 5.41) is 2.50. The Morgan fingerprint density at radius 3 is 2.76 bits per heavy atom. The molecule has 92 valence electrons. The highest BCUT2D eigenvalue weighted by atomic mass is 16.5. The molecule has 0 unspecified atom stereocenters. The van der Waals surface area contributed by atoms with Gasteiger partial charge < -0.3 is 21.5 Å². The number of carbonyl (C=O) groups is 2. The van der Waals surface area contributed by atoms with Crippen LogP contribution in [0.15, 0.2) is 24.3 Å². The number of anilines is 1. The summed E-state index contributed by atoms with van der Waals surface area (Å²) < 4.78 is 5.20. The lowest BCUT2D eigenvalue weighted by Crippen LogP contribution is -2.31. The molecule has 0 aromatic heterocycles. The van der Waals surface area contributed by atoms with E-state index >= 15 is 0 Å². The van der Waals surface area contributed by atoms with E-state index in [9.17, 15) is 9.59 Å². The van der Waals surface area contributed by atoms with Crippen LogP contribution in [-0.4, -0.2) is 25.0 Å². The molecular weight excluding hydrogens is 222 g/mol. The molecule has 0 aliphatic rings. The average Bonchev–Trinajstić information content (AvgIpc) is 2.26. The fraction of sp³-hybridized carbons (Fsp3) is 0.273. The first-order valence-corrected chi connectivity index (χ1v) is 5.11. The fourth-order valence-electron chi connectivity index (χ4n) is 1.13. The summed E-state index contributed by atoms with van der Waals surface area (Å²) in [4.78, 5) is 21.7. The third kappa shape index (κ3) is 5.41. The lowest BCUT2D eigenvalue weighted by Gasteiger charge is -2.07. The maximum Gasteiger partial charge on any atom is 0.257 e. The lowest BCUT2D eigenvalue weighted by atomic mass is 10.3. The predicted octanol–water partition coefficient (Wildman–Crippen LogP) is -0.361. The Bertz CT molecular complexity index is 407. The Balaban J connectivity index is 2.26. The topological polar surface area (TPSA) is 107 Å². The molecular formula is C11H15N3O3. The summed E-state index contributed by atoms with van der Waals surface area (Å²) in [5.74, 6) is -0.245. The van der Waals surface area contributed by atoms with E-state index in [4.69, 9.17) is 16.2 Å². The summed E-state index contributed by atoms with van der Waals surface area (Å²) in [6, 6.07) is 6.78. The Hall–Kier alpha value is -2.24. The number of carbonyl (C=O) groups excluding carboxylic acids is 2. The summed E-state index contributed by atoms with van der Waals surface area (Å²) >= 11 is 0. The van der Waals surface area contributed by atoms with Crippen LogP contribution in [0.1, 0.15) is 6.42 Å². The molecule has 0 bridgehead atoms. The molecule has 5 N–H and O–H groups in total. The Labute approximate surface area is 98.9 Å². The zero-order chi connectivity index (χ0) is 12.7. The SMILES string of the molecule is NC(=O)CCNC(=O)COc1cccc(N)c1. The van der Waals surface area contributed by atoms with Crippen molar-refractivity contribution in [2.75, 3.05) is 18.9 Å². The third-order valence-electron chi connectivity index (χ3n) is 1.92. The molecule has 0 radical (unpaired) electrons. The Morgan fingerprint density at radius 1 is 1.35 bits per heavy atom. The van der Waals surface area contributed by atoms with Crippen molar-refractivity contribution < 1.29 is 14.3 Å². The molecule has 1 rings (SSSR count). The molecule has 2 amide bonds. The minimum Gasteiger partial charge on any atom is -0.484 e. The van der Waals surface area contributed by atoms with Crippen LogP contribution in [0, 0.1) is 0 Å². The van der Waals surface area contributed by atoms with Gasteiger partial charge in [-0.3, -0.25) is 9.59 Å². The first-order valence-electron chi connectivity index (χ1n) is 5.11. The van der Waals surface area contributed by atoms with E-state index < -0.39 is 5.91 Å². The van der Waals surface area contributed by atoms with Gasteiger partial charge in [-0.15, -0.1) is 0 Å². The second-order valence-corrected chi connectivity index (χ2v) is 3.43. The zero-order valence-electron chi connectivity index (χ0n) is 9.31. The van der Waals surface area contributed by atoms with Gasteiger partial charge in [0, 0.05) is 24.7 Å². The molecule has 0 saturated carbocycles. The van der Waals surface area contributed by atoms with Crippen molar-refractivity contribution in [1.29, 1.82) is 0 Å². The number of hydrogen-bond donors (Lipinski definition) is 3. The molecule has 6 heteroatoms. The number of benzene rings is 1. The minimum absolute atomic E-state index is 0.115. The van der Waals surface area contributed by atoms with Gasteiger partial charge in [0.15, 0.2) is 6.61 Å². The smallest absolute Gasteiger partial charge is 0.257 e. The maximum absolute atomic E-state index is 11.3. The van der Waals surface area contributed by atoms with Crippen LogP contribution in [0.3, 0.4) is 0 Å². The van der Waals surface area contributed by atoms with Crippen molar-refractivity contribution in [1.82, 2.24) is 5.32 Å². The molecule has 0 saturated heterocycles. The van der Waals surface area contributed by atoms with E-state index in [0.717, 1.165) is 0 Å². The van der Waals surface area contributed by atoms with Gasteiger partial charge in [0.1, 0.15) is 5.75 Å². The van der Waals surface area contributed by atoms with Crippen molar-refractivity contribution in [3.8, 4) is 5.75 Å². The molecule has 17 heavy (non-hydrogen) atoms. The van der Waals surface area contributed by atoms with Crippen LogP contribution in [0.25, 0.3) is 0 Å². The number of amides is 2. The van der Waals surface area contributed by atoms with E-state index in [1.54, 1.807) is 24.3 Å². The molecule has 0 spiro atoms. The van der Waals surface area contributed by atoms with Crippen LogP contribution >= 0.6 is 0 Å². The fourth-order valence-corrected chi connectivity index (χ4v) is 1.13. The number of nitrogen functional groups attached to an aromatic ring is 1. The first-order chi connectivity index (χ1) is 8.08. The number of primary amides is 1. The maximum atomic E-state index is 11.3. The zero-order valence-corrected chi connectivity index (χ0v) is 9.31. The highest BCUT2D eigenvalue weighted by Crippen LogP contribution is 2.13. The van der Waals surface area contributed by atoms with Crippen LogP contribution in [0.5, 0.6) is 5.75 Å². The third-order valence-corrected chi connectivity index (χ3v) is 1.92. The Kier molecular flexibility index (Phi) is 4.80. The van der Waals surface area contributed by atoms with Crippen molar-refractivity contribution in [3.63, 3.8) is 0 Å². The summed E-state index contributed by atoms with van der Waals surface area (Å²) in [6.07, 6.45) is 0.115. The highest BCUT2D eigenvalue weighted by Gasteiger charge is 2.03. The van der Waals surface area contributed by atoms with Crippen LogP contribution in [0.4, 0.5) is 5.69 Å². The normalized spacial score (nSPS) is 9.65. The summed E-state index contributed by atoms with van der Waals surface area (Å²) in [7, 11) is 0. The van der Waals surface area contributed by atoms with Gasteiger partial charge in [-0.2, -0.15) is 0 Å². The van der Waals surface area contributed by atoms with Crippen LogP contribution in [0.2, 0.25) is 0 Å². The van der Waals surface area contributed by atoms with E-state index in [-0.39, 0.29) is 25.5 Å². The lowest BCUT2D eigenvalue weighted by molar-refractivity contribution is -0.123. The number of nitrogens with two attached hydrogens (primary N) is 2. The van der Waals surface area contributed by atoms with Gasteiger partial charge in [-0.25, -0.2) is 0 Å². The minimum atomic E-state index is -0.456. The number of nitrogens with one attached hydrogen (secondary N) is 1. The number of rotatable bonds is 6. The van der Waals surface area contributed by atoms with Gasteiger partial charge in [-0.05, 0) is 12.1 Å². The highest BCUT2D eigenvalue weighted by molar-refractivity contribution is 5.79. The van der Waals surface area contributed by atoms with E-state index in [1.165, 1.54) is 0 Å². The van der Waals surface area contributed by atoms with Crippen molar-refractivity contribution in [3.05, 3.63) is 24.3 Å². The van der Waals surface area contributed by atoms with Crippen LogP contribution in [-0.2, 0) is 9.59 Å². The van der Waals surface area contributed by atoms with Gasteiger partial charge in [-0.1, -0.05) is 6.07 Å². The molecule has 0 atom stereocenters. The first kappa shape index (κ1) is 12.8. The summed E-state index contributed by atoms with van der Waals surface area (Å²) in [6.45, 7) is 0.0939. The average molecular weight is 237 g/mol.